The van der Waals surface area contributed by atoms with Crippen molar-refractivity contribution in [3.8, 4) is 17.0 Å². The molecule has 1 heterocycles. The van der Waals surface area contributed by atoms with Crippen LogP contribution in [-0.2, 0) is 5.60 Å². The molecule has 0 saturated heterocycles. The van der Waals surface area contributed by atoms with E-state index in [2.05, 4.69) is 15.3 Å². The van der Waals surface area contributed by atoms with Crippen LogP contribution in [0.2, 0.25) is 5.02 Å². The predicted molar refractivity (Wildman–Crippen MR) is 119 cm³/mol. The van der Waals surface area contributed by atoms with Crippen LogP contribution in [0.4, 0.5) is 18.9 Å². The molecule has 0 atom stereocenters. The van der Waals surface area contributed by atoms with E-state index >= 15 is 4.39 Å². The van der Waals surface area contributed by atoms with Crippen LogP contribution < -0.4 is 10.1 Å². The topological polar surface area (TPSA) is 87.2 Å². The second kappa shape index (κ2) is 9.07. The molecule has 0 aliphatic rings. The highest BCUT2D eigenvalue weighted by Crippen LogP contribution is 2.33. The zero-order valence-electron chi connectivity index (χ0n) is 18.4. The number of benzene rings is 2. The second-order valence-corrected chi connectivity index (χ2v) is 9.00. The van der Waals surface area contributed by atoms with Gasteiger partial charge in [-0.25, -0.2) is 18.2 Å². The Kier molecular flexibility index (Phi) is 6.76. The van der Waals surface area contributed by atoms with E-state index < -0.39 is 35.4 Å². The van der Waals surface area contributed by atoms with E-state index in [0.29, 0.717) is 0 Å². The highest BCUT2D eigenvalue weighted by atomic mass is 35.5. The Labute approximate surface area is 193 Å². The van der Waals surface area contributed by atoms with Crippen molar-refractivity contribution >= 4 is 23.2 Å². The number of hydrogen-bond donors (Lipinski definition) is 3. The number of aliphatic hydroxyl groups is 1. The van der Waals surface area contributed by atoms with Crippen molar-refractivity contribution in [3.05, 3.63) is 64.6 Å². The minimum absolute atomic E-state index is 0.0230. The molecule has 0 spiro atoms. The molecule has 0 saturated carbocycles. The molecule has 0 fully saturated rings. The van der Waals surface area contributed by atoms with Gasteiger partial charge in [0.1, 0.15) is 41.1 Å². The van der Waals surface area contributed by atoms with Crippen molar-refractivity contribution in [1.82, 2.24) is 9.97 Å². The molecule has 1 amide bonds. The summed E-state index contributed by atoms with van der Waals surface area (Å²) in [6.07, 6.45) is 1.31. The van der Waals surface area contributed by atoms with Gasteiger partial charge in [0.2, 0.25) is 0 Å². The summed E-state index contributed by atoms with van der Waals surface area (Å²) < 4.78 is 48.7. The van der Waals surface area contributed by atoms with Crippen molar-refractivity contribution in [3.63, 3.8) is 0 Å². The summed E-state index contributed by atoms with van der Waals surface area (Å²) in [6.45, 7) is 5.13. The molecular weight excluding hydrogens is 459 g/mol. The van der Waals surface area contributed by atoms with E-state index in [1.807, 2.05) is 0 Å². The fourth-order valence-corrected chi connectivity index (χ4v) is 3.08. The van der Waals surface area contributed by atoms with Crippen LogP contribution in [0.3, 0.4) is 0 Å². The molecule has 2 aromatic carbocycles. The number of carbonyl (C=O) groups excluding carboxylic acids is 1. The smallest absolute Gasteiger partial charge is 0.259 e. The van der Waals surface area contributed by atoms with Crippen LogP contribution in [0, 0.1) is 11.6 Å². The van der Waals surface area contributed by atoms with Gasteiger partial charge in [-0.05, 0) is 52.0 Å². The molecule has 0 aliphatic heterocycles. The normalized spacial score (nSPS) is 12.0. The van der Waals surface area contributed by atoms with Crippen LogP contribution in [0.15, 0.2) is 36.5 Å². The monoisotopic (exact) mass is 481 g/mol. The number of halogens is 4. The maximum Gasteiger partial charge on any atom is 0.259 e. The van der Waals surface area contributed by atoms with Gasteiger partial charge in [-0.1, -0.05) is 17.7 Å². The van der Waals surface area contributed by atoms with Gasteiger partial charge in [-0.3, -0.25) is 4.79 Å². The SMILES string of the molecule is CC(C)(F)COc1cc(-c2cnc(C(C)(C)O)[nH]2)c(F)cc1C(=O)Nc1c(F)cccc1Cl. The number of aromatic amines is 1. The first-order valence-corrected chi connectivity index (χ1v) is 10.3. The zero-order valence-corrected chi connectivity index (χ0v) is 19.1. The first-order valence-electron chi connectivity index (χ1n) is 9.95. The number of nitrogens with zero attached hydrogens (tertiary/aromatic N) is 1. The van der Waals surface area contributed by atoms with Gasteiger partial charge >= 0.3 is 0 Å². The molecule has 176 valence electrons. The Morgan fingerprint density at radius 3 is 2.48 bits per heavy atom. The third kappa shape index (κ3) is 5.85. The fourth-order valence-electron chi connectivity index (χ4n) is 2.87. The van der Waals surface area contributed by atoms with Crippen molar-refractivity contribution in [2.45, 2.75) is 39.0 Å². The van der Waals surface area contributed by atoms with Gasteiger partial charge in [-0.15, -0.1) is 0 Å². The largest absolute Gasteiger partial charge is 0.489 e. The Morgan fingerprint density at radius 1 is 1.21 bits per heavy atom. The lowest BCUT2D eigenvalue weighted by Crippen LogP contribution is -2.24. The lowest BCUT2D eigenvalue weighted by molar-refractivity contribution is 0.0697. The maximum absolute atomic E-state index is 15.0. The number of alkyl halides is 1. The Bertz CT molecular complexity index is 1160. The lowest BCUT2D eigenvalue weighted by atomic mass is 10.1. The van der Waals surface area contributed by atoms with Crippen LogP contribution in [0.25, 0.3) is 11.3 Å². The van der Waals surface area contributed by atoms with Crippen LogP contribution >= 0.6 is 11.6 Å². The van der Waals surface area contributed by atoms with Gasteiger partial charge in [0.05, 0.1) is 28.2 Å². The van der Waals surface area contributed by atoms with E-state index in [1.54, 1.807) is 0 Å². The molecule has 0 unspecified atom stereocenters. The molecule has 0 radical (unpaired) electrons. The summed E-state index contributed by atoms with van der Waals surface area (Å²) in [4.78, 5) is 19.7. The number of rotatable bonds is 7. The summed E-state index contributed by atoms with van der Waals surface area (Å²) in [6, 6.07) is 5.95. The minimum atomic E-state index is -1.75. The molecule has 0 bridgehead atoms. The molecule has 3 aromatic rings. The van der Waals surface area contributed by atoms with Gasteiger partial charge in [0.15, 0.2) is 0 Å². The third-order valence-electron chi connectivity index (χ3n) is 4.53. The van der Waals surface area contributed by atoms with Crippen molar-refractivity contribution in [2.24, 2.45) is 0 Å². The molecule has 6 nitrogen and oxygen atoms in total. The van der Waals surface area contributed by atoms with E-state index in [0.717, 1.165) is 12.1 Å². The summed E-state index contributed by atoms with van der Waals surface area (Å²) in [7, 11) is 0. The highest BCUT2D eigenvalue weighted by molar-refractivity contribution is 6.34. The summed E-state index contributed by atoms with van der Waals surface area (Å²) in [5.74, 6) is -2.45. The average molecular weight is 482 g/mol. The molecule has 3 N–H and O–H groups in total. The fraction of sp³-hybridized carbons (Fsp3) is 0.304. The number of imidazole rings is 1. The first kappa shape index (κ1) is 24.6. The number of hydrogen-bond acceptors (Lipinski definition) is 4. The first-order chi connectivity index (χ1) is 15.3. The quantitative estimate of drug-likeness (QED) is 0.409. The molecule has 10 heteroatoms. The van der Waals surface area contributed by atoms with Gasteiger partial charge < -0.3 is 20.1 Å². The number of para-hydroxylation sites is 1. The number of aromatic nitrogens is 2. The molecule has 1 aromatic heterocycles. The highest BCUT2D eigenvalue weighted by Gasteiger charge is 2.25. The Hall–Kier alpha value is -3.04. The number of H-pyrrole nitrogens is 1. The van der Waals surface area contributed by atoms with Gasteiger partial charge in [-0.2, -0.15) is 0 Å². The predicted octanol–water partition coefficient (Wildman–Crippen LogP) is 5.61. The minimum Gasteiger partial charge on any atom is -0.489 e. The van der Waals surface area contributed by atoms with Gasteiger partial charge in [0.25, 0.3) is 5.91 Å². The molecule has 33 heavy (non-hydrogen) atoms. The number of amides is 1. The summed E-state index contributed by atoms with van der Waals surface area (Å²) >= 11 is 5.96. The Balaban J connectivity index is 2.04. The summed E-state index contributed by atoms with van der Waals surface area (Å²) in [5, 5.41) is 12.4. The number of nitrogens with one attached hydrogen (secondary N) is 2. The van der Waals surface area contributed by atoms with E-state index in [4.69, 9.17) is 16.3 Å². The maximum atomic E-state index is 15.0. The second-order valence-electron chi connectivity index (χ2n) is 8.59. The van der Waals surface area contributed by atoms with Crippen LogP contribution in [0.1, 0.15) is 43.9 Å². The molecule has 3 rings (SSSR count). The van der Waals surface area contributed by atoms with E-state index in [9.17, 15) is 18.7 Å². The average Bonchev–Trinajstić information content (AvgIpc) is 3.19. The zero-order chi connectivity index (χ0) is 24.6. The van der Waals surface area contributed by atoms with Crippen LogP contribution in [0.5, 0.6) is 5.75 Å². The summed E-state index contributed by atoms with van der Waals surface area (Å²) in [5.41, 5.74) is -3.44. The molecule has 0 aliphatic carbocycles. The van der Waals surface area contributed by atoms with Gasteiger partial charge in [0, 0.05) is 5.56 Å². The number of carbonyl (C=O) groups is 1. The van der Waals surface area contributed by atoms with E-state index in [1.165, 1.54) is 52.1 Å². The van der Waals surface area contributed by atoms with Crippen molar-refractivity contribution in [2.75, 3.05) is 11.9 Å². The van der Waals surface area contributed by atoms with Crippen LogP contribution in [-0.4, -0.2) is 33.3 Å². The third-order valence-corrected chi connectivity index (χ3v) is 4.85. The van der Waals surface area contributed by atoms with Crippen molar-refractivity contribution in [1.29, 1.82) is 0 Å². The molecular formula is C23H23ClF3N3O3. The standard InChI is InChI=1S/C23H23ClF3N3O3/c1-22(2,27)11-33-18-9-12(17-10-28-21(29-17)23(3,4)32)16(26)8-13(18)20(31)30-19-14(24)6-5-7-15(19)25/h5-10,32H,11H2,1-4H3,(H,28,29)(H,30,31). The lowest BCUT2D eigenvalue weighted by Gasteiger charge is -2.19. The van der Waals surface area contributed by atoms with Crippen molar-refractivity contribution < 1.29 is 27.8 Å². The van der Waals surface area contributed by atoms with E-state index in [-0.39, 0.29) is 39.1 Å². The Morgan fingerprint density at radius 2 is 1.91 bits per heavy atom. The number of ether oxygens (including phenoxy) is 1. The number of anilines is 1.